The lowest BCUT2D eigenvalue weighted by atomic mass is 9.78. The zero-order valence-electron chi connectivity index (χ0n) is 11.7. The molecule has 2 heteroatoms. The molecule has 0 amide bonds. The van der Waals surface area contributed by atoms with Gasteiger partial charge in [-0.25, -0.2) is 0 Å². The summed E-state index contributed by atoms with van der Waals surface area (Å²) >= 11 is 0. The van der Waals surface area contributed by atoms with E-state index in [0.29, 0.717) is 0 Å². The largest absolute Gasteiger partial charge is 0.489 e. The summed E-state index contributed by atoms with van der Waals surface area (Å²) in [5.74, 6) is 2.46. The minimum absolute atomic E-state index is 0.173. The molecule has 0 bridgehead atoms. The first-order valence-corrected chi connectivity index (χ1v) is 7.05. The third-order valence-corrected chi connectivity index (χ3v) is 4.20. The van der Waals surface area contributed by atoms with Crippen molar-refractivity contribution < 1.29 is 4.74 Å². The van der Waals surface area contributed by atoms with Crippen molar-refractivity contribution in [3.05, 3.63) is 29.8 Å². The average Bonchev–Trinajstić information content (AvgIpc) is 2.34. The van der Waals surface area contributed by atoms with Gasteiger partial charge in [-0.05, 0) is 49.7 Å². The molecular weight excluding hydrogens is 222 g/mol. The van der Waals surface area contributed by atoms with E-state index in [9.17, 15) is 0 Å². The summed E-state index contributed by atoms with van der Waals surface area (Å²) in [5, 5.41) is 0. The molecule has 18 heavy (non-hydrogen) atoms. The lowest BCUT2D eigenvalue weighted by Gasteiger charge is -2.36. The topological polar surface area (TPSA) is 35.2 Å². The summed E-state index contributed by atoms with van der Waals surface area (Å²) in [6.45, 7) is 6.68. The van der Waals surface area contributed by atoms with E-state index in [0.717, 1.165) is 30.4 Å². The Morgan fingerprint density at radius 2 is 1.94 bits per heavy atom. The highest BCUT2D eigenvalue weighted by Crippen LogP contribution is 2.32. The van der Waals surface area contributed by atoms with E-state index >= 15 is 0 Å². The van der Waals surface area contributed by atoms with Crippen molar-refractivity contribution in [2.24, 2.45) is 17.6 Å². The Hall–Kier alpha value is -1.02. The van der Waals surface area contributed by atoms with Crippen LogP contribution >= 0.6 is 0 Å². The minimum Gasteiger partial charge on any atom is -0.489 e. The van der Waals surface area contributed by atoms with E-state index in [2.05, 4.69) is 26.8 Å². The van der Waals surface area contributed by atoms with E-state index in [1.165, 1.54) is 12.0 Å². The molecule has 3 atom stereocenters. The Bertz CT molecular complexity index is 388. The Morgan fingerprint density at radius 3 is 2.61 bits per heavy atom. The van der Waals surface area contributed by atoms with Gasteiger partial charge in [-0.15, -0.1) is 0 Å². The Morgan fingerprint density at radius 1 is 1.22 bits per heavy atom. The van der Waals surface area contributed by atoms with Crippen molar-refractivity contribution in [2.45, 2.75) is 52.2 Å². The van der Waals surface area contributed by atoms with Crippen LogP contribution in [0.25, 0.3) is 0 Å². The fourth-order valence-electron chi connectivity index (χ4n) is 2.78. The van der Waals surface area contributed by atoms with Gasteiger partial charge in [0.15, 0.2) is 0 Å². The fraction of sp³-hybridized carbons (Fsp3) is 0.625. The quantitative estimate of drug-likeness (QED) is 0.887. The van der Waals surface area contributed by atoms with E-state index in [4.69, 9.17) is 10.5 Å². The maximum atomic E-state index is 6.21. The molecule has 0 spiro atoms. The first kappa shape index (κ1) is 13.4. The fourth-order valence-corrected chi connectivity index (χ4v) is 2.78. The maximum absolute atomic E-state index is 6.21. The highest BCUT2D eigenvalue weighted by Gasteiger charge is 2.31. The Labute approximate surface area is 111 Å². The molecule has 100 valence electrons. The van der Waals surface area contributed by atoms with Crippen LogP contribution in [-0.2, 0) is 0 Å². The summed E-state index contributed by atoms with van der Waals surface area (Å²) in [7, 11) is 0. The van der Waals surface area contributed by atoms with Crippen molar-refractivity contribution in [3.8, 4) is 5.75 Å². The molecule has 1 aliphatic carbocycles. The molecule has 1 fully saturated rings. The van der Waals surface area contributed by atoms with Crippen LogP contribution in [0.2, 0.25) is 0 Å². The SMILES string of the molecule is Cc1ccccc1OC1CC(C(C)C)CCC1N. The molecule has 1 aromatic carbocycles. The molecule has 0 saturated heterocycles. The molecule has 0 radical (unpaired) electrons. The smallest absolute Gasteiger partial charge is 0.122 e. The van der Waals surface area contributed by atoms with Gasteiger partial charge in [0.2, 0.25) is 0 Å². The zero-order valence-corrected chi connectivity index (χ0v) is 11.7. The molecule has 0 aromatic heterocycles. The molecule has 1 aliphatic rings. The predicted octanol–water partition coefficient (Wildman–Crippen LogP) is 3.53. The molecule has 0 heterocycles. The monoisotopic (exact) mass is 247 g/mol. The first-order valence-electron chi connectivity index (χ1n) is 7.05. The van der Waals surface area contributed by atoms with E-state index < -0.39 is 0 Å². The van der Waals surface area contributed by atoms with Gasteiger partial charge < -0.3 is 10.5 Å². The number of hydrogen-bond acceptors (Lipinski definition) is 2. The van der Waals surface area contributed by atoms with Crippen LogP contribution in [-0.4, -0.2) is 12.1 Å². The first-order chi connectivity index (χ1) is 8.58. The highest BCUT2D eigenvalue weighted by atomic mass is 16.5. The van der Waals surface area contributed by atoms with Gasteiger partial charge in [0.05, 0.1) is 0 Å². The Kier molecular flexibility index (Phi) is 4.28. The van der Waals surface area contributed by atoms with Crippen molar-refractivity contribution in [3.63, 3.8) is 0 Å². The summed E-state index contributed by atoms with van der Waals surface area (Å²) < 4.78 is 6.15. The van der Waals surface area contributed by atoms with Crippen molar-refractivity contribution >= 4 is 0 Å². The van der Waals surface area contributed by atoms with Crippen molar-refractivity contribution in [1.29, 1.82) is 0 Å². The van der Waals surface area contributed by atoms with Gasteiger partial charge in [-0.3, -0.25) is 0 Å². The van der Waals surface area contributed by atoms with E-state index in [-0.39, 0.29) is 12.1 Å². The van der Waals surface area contributed by atoms with Crippen LogP contribution in [0, 0.1) is 18.8 Å². The number of para-hydroxylation sites is 1. The standard InChI is InChI=1S/C16H25NO/c1-11(2)13-8-9-14(17)16(10-13)18-15-7-5-4-6-12(15)3/h4-7,11,13-14,16H,8-10,17H2,1-3H3. The van der Waals surface area contributed by atoms with Gasteiger partial charge in [0, 0.05) is 6.04 Å². The molecule has 1 aromatic rings. The average molecular weight is 247 g/mol. The van der Waals surface area contributed by atoms with E-state index in [1.54, 1.807) is 0 Å². The van der Waals surface area contributed by atoms with Crippen LogP contribution in [0.15, 0.2) is 24.3 Å². The van der Waals surface area contributed by atoms with Gasteiger partial charge >= 0.3 is 0 Å². The number of benzene rings is 1. The number of nitrogens with two attached hydrogens (primary N) is 1. The minimum atomic E-state index is 0.173. The maximum Gasteiger partial charge on any atom is 0.122 e. The van der Waals surface area contributed by atoms with Crippen LogP contribution in [0.1, 0.15) is 38.7 Å². The van der Waals surface area contributed by atoms with E-state index in [1.807, 2.05) is 18.2 Å². The number of ether oxygens (including phenoxy) is 1. The molecular formula is C16H25NO. The summed E-state index contributed by atoms with van der Waals surface area (Å²) in [4.78, 5) is 0. The molecule has 3 unspecified atom stereocenters. The van der Waals surface area contributed by atoms with Gasteiger partial charge in [-0.1, -0.05) is 32.0 Å². The molecule has 2 rings (SSSR count). The number of hydrogen-bond donors (Lipinski definition) is 1. The summed E-state index contributed by atoms with van der Waals surface area (Å²) in [5.41, 5.74) is 7.41. The van der Waals surface area contributed by atoms with Gasteiger partial charge in [-0.2, -0.15) is 0 Å². The third-order valence-electron chi connectivity index (χ3n) is 4.20. The number of aryl methyl sites for hydroxylation is 1. The van der Waals surface area contributed by atoms with Gasteiger partial charge in [0.25, 0.3) is 0 Å². The lowest BCUT2D eigenvalue weighted by Crippen LogP contribution is -2.44. The Balaban J connectivity index is 2.05. The lowest BCUT2D eigenvalue weighted by molar-refractivity contribution is 0.0862. The predicted molar refractivity (Wildman–Crippen MR) is 75.7 cm³/mol. The second kappa shape index (κ2) is 5.75. The van der Waals surface area contributed by atoms with Crippen molar-refractivity contribution in [2.75, 3.05) is 0 Å². The van der Waals surface area contributed by atoms with Gasteiger partial charge in [0.1, 0.15) is 11.9 Å². The summed E-state index contributed by atoms with van der Waals surface area (Å²) in [6, 6.07) is 8.38. The summed E-state index contributed by atoms with van der Waals surface area (Å²) in [6.07, 6.45) is 3.59. The van der Waals surface area contributed by atoms with Crippen molar-refractivity contribution in [1.82, 2.24) is 0 Å². The second-order valence-corrected chi connectivity index (χ2v) is 5.90. The normalized spacial score (nSPS) is 28.4. The molecule has 2 N–H and O–H groups in total. The second-order valence-electron chi connectivity index (χ2n) is 5.90. The van der Waals surface area contributed by atoms with Crippen LogP contribution in [0.3, 0.4) is 0 Å². The highest BCUT2D eigenvalue weighted by molar-refractivity contribution is 5.32. The third kappa shape index (κ3) is 3.05. The van der Waals surface area contributed by atoms with Crippen LogP contribution < -0.4 is 10.5 Å². The van der Waals surface area contributed by atoms with Crippen LogP contribution in [0.5, 0.6) is 5.75 Å². The zero-order chi connectivity index (χ0) is 13.1. The van der Waals surface area contributed by atoms with Crippen LogP contribution in [0.4, 0.5) is 0 Å². The number of rotatable bonds is 3. The molecule has 1 saturated carbocycles. The molecule has 2 nitrogen and oxygen atoms in total. The molecule has 0 aliphatic heterocycles.